The lowest BCUT2D eigenvalue weighted by atomic mass is 10.2. The maximum absolute atomic E-state index is 10.8. The zero-order valence-electron chi connectivity index (χ0n) is 7.49. The van der Waals surface area contributed by atoms with Gasteiger partial charge in [0.15, 0.2) is 0 Å². The first-order chi connectivity index (χ1) is 6.66. The molecule has 0 radical (unpaired) electrons. The Hall–Kier alpha value is -1.55. The molecule has 0 saturated heterocycles. The maximum atomic E-state index is 10.8. The van der Waals surface area contributed by atoms with Crippen LogP contribution < -0.4 is 5.56 Å². The number of nitrogens with one attached hydrogen (secondary N) is 1. The summed E-state index contributed by atoms with van der Waals surface area (Å²) in [6.45, 7) is 1.91. The molecule has 72 valence electrons. The number of aromatic nitrogens is 3. The average Bonchev–Trinajstić information content (AvgIpc) is 2.57. The van der Waals surface area contributed by atoms with Crippen molar-refractivity contribution in [3.05, 3.63) is 45.3 Å². The molecule has 1 N–H and O–H groups in total. The number of halogens is 1. The third kappa shape index (κ3) is 1.56. The summed E-state index contributed by atoms with van der Waals surface area (Å²) in [5, 5.41) is 7.03. The summed E-state index contributed by atoms with van der Waals surface area (Å²) in [6, 6.07) is 5.46. The summed E-state index contributed by atoms with van der Waals surface area (Å²) >= 11 is 5.94. The van der Waals surface area contributed by atoms with Crippen LogP contribution in [0.5, 0.6) is 0 Å². The van der Waals surface area contributed by atoms with Crippen LogP contribution in [0.2, 0.25) is 5.02 Å². The summed E-state index contributed by atoms with van der Waals surface area (Å²) in [4.78, 5) is 12.2. The minimum atomic E-state index is -0.235. The van der Waals surface area contributed by atoms with E-state index in [9.17, 15) is 4.79 Å². The molecule has 1 heterocycles. The fourth-order valence-corrected chi connectivity index (χ4v) is 1.29. The number of H-pyrrole nitrogens is 1. The summed E-state index contributed by atoms with van der Waals surface area (Å²) in [5.74, 6) is 0. The number of hydrogen-bond donors (Lipinski definition) is 1. The molecule has 0 spiro atoms. The first-order valence-electron chi connectivity index (χ1n) is 4.08. The largest absolute Gasteiger partial charge is 0.284 e. The highest BCUT2D eigenvalue weighted by atomic mass is 35.5. The van der Waals surface area contributed by atoms with Crippen molar-refractivity contribution in [3.8, 4) is 5.69 Å². The molecule has 5 heteroatoms. The van der Waals surface area contributed by atoms with E-state index in [1.54, 1.807) is 6.07 Å². The summed E-state index contributed by atoms with van der Waals surface area (Å²) in [5.41, 5.74) is 1.49. The molecular weight excluding hydrogens is 202 g/mol. The van der Waals surface area contributed by atoms with E-state index in [-0.39, 0.29) is 5.56 Å². The van der Waals surface area contributed by atoms with Gasteiger partial charge < -0.3 is 0 Å². The predicted molar refractivity (Wildman–Crippen MR) is 53.9 cm³/mol. The minimum Gasteiger partial charge on any atom is -0.266 e. The molecule has 14 heavy (non-hydrogen) atoms. The summed E-state index contributed by atoms with van der Waals surface area (Å²) in [7, 11) is 0. The van der Waals surface area contributed by atoms with Gasteiger partial charge in [-0.1, -0.05) is 17.7 Å². The lowest BCUT2D eigenvalue weighted by Gasteiger charge is -2.02. The highest BCUT2D eigenvalue weighted by molar-refractivity contribution is 6.31. The highest BCUT2D eigenvalue weighted by Crippen LogP contribution is 2.17. The lowest BCUT2D eigenvalue weighted by molar-refractivity contribution is 0.745. The molecule has 1 aromatic carbocycles. The van der Waals surface area contributed by atoms with Crippen LogP contribution >= 0.6 is 11.6 Å². The molecule has 0 fully saturated rings. The Bertz CT molecular complexity index is 515. The van der Waals surface area contributed by atoms with Crippen LogP contribution in [0.1, 0.15) is 5.56 Å². The molecule has 1 aromatic heterocycles. The average molecular weight is 210 g/mol. The quantitative estimate of drug-likeness (QED) is 0.774. The van der Waals surface area contributed by atoms with Crippen LogP contribution in [0.4, 0.5) is 0 Å². The summed E-state index contributed by atoms with van der Waals surface area (Å²) < 4.78 is 0. The van der Waals surface area contributed by atoms with Gasteiger partial charge in [0.05, 0.1) is 5.69 Å². The molecule has 0 unspecified atom stereocenters. The second-order valence-corrected chi connectivity index (χ2v) is 3.37. The summed E-state index contributed by atoms with van der Waals surface area (Å²) in [6.07, 6.45) is 1.22. The molecule has 0 amide bonds. The third-order valence-corrected chi connectivity index (χ3v) is 2.31. The van der Waals surface area contributed by atoms with Crippen molar-refractivity contribution in [2.45, 2.75) is 6.92 Å². The van der Waals surface area contributed by atoms with E-state index in [0.717, 1.165) is 11.3 Å². The van der Waals surface area contributed by atoms with Gasteiger partial charge in [-0.05, 0) is 24.6 Å². The second-order valence-electron chi connectivity index (χ2n) is 2.97. The zero-order valence-corrected chi connectivity index (χ0v) is 8.25. The van der Waals surface area contributed by atoms with E-state index in [4.69, 9.17) is 11.6 Å². The van der Waals surface area contributed by atoms with Crippen molar-refractivity contribution >= 4 is 11.6 Å². The number of benzene rings is 1. The molecule has 2 rings (SSSR count). The standard InChI is InChI=1S/C9H8ClN3O/c1-6-2-3-7(4-8(6)10)13-11-5-9(14)12-13/h2-5H,1H3,(H,12,14). The smallest absolute Gasteiger partial charge is 0.266 e. The first kappa shape index (κ1) is 9.02. The van der Waals surface area contributed by atoms with Crippen molar-refractivity contribution in [2.75, 3.05) is 0 Å². The second kappa shape index (κ2) is 3.31. The van der Waals surface area contributed by atoms with E-state index >= 15 is 0 Å². The maximum Gasteiger partial charge on any atom is 0.284 e. The molecule has 2 aromatic rings. The number of nitrogens with zero attached hydrogens (tertiary/aromatic N) is 2. The van der Waals surface area contributed by atoms with Crippen molar-refractivity contribution < 1.29 is 0 Å². The Labute approximate surface area is 85.1 Å². The van der Waals surface area contributed by atoms with Gasteiger partial charge in [-0.3, -0.25) is 4.79 Å². The Balaban J connectivity index is 2.52. The zero-order chi connectivity index (χ0) is 10.1. The van der Waals surface area contributed by atoms with Gasteiger partial charge in [0.25, 0.3) is 5.56 Å². The topological polar surface area (TPSA) is 50.7 Å². The fourth-order valence-electron chi connectivity index (χ4n) is 1.12. The monoisotopic (exact) mass is 209 g/mol. The van der Waals surface area contributed by atoms with Gasteiger partial charge in [-0.15, -0.1) is 0 Å². The minimum absolute atomic E-state index is 0.235. The number of hydrogen-bond acceptors (Lipinski definition) is 2. The molecule has 4 nitrogen and oxygen atoms in total. The Morgan fingerprint density at radius 1 is 1.50 bits per heavy atom. The Morgan fingerprint density at radius 2 is 2.29 bits per heavy atom. The van der Waals surface area contributed by atoms with Crippen molar-refractivity contribution in [1.82, 2.24) is 15.0 Å². The molecule has 0 aliphatic heterocycles. The molecule has 0 aliphatic carbocycles. The van der Waals surface area contributed by atoms with Crippen LogP contribution in [-0.2, 0) is 0 Å². The van der Waals surface area contributed by atoms with E-state index < -0.39 is 0 Å². The number of aryl methyl sites for hydroxylation is 1. The fraction of sp³-hybridized carbons (Fsp3) is 0.111. The normalized spacial score (nSPS) is 10.4. The first-order valence-corrected chi connectivity index (χ1v) is 4.45. The molecule has 0 aliphatic rings. The van der Waals surface area contributed by atoms with E-state index in [1.165, 1.54) is 11.0 Å². The van der Waals surface area contributed by atoms with E-state index in [2.05, 4.69) is 10.2 Å². The Morgan fingerprint density at radius 3 is 2.86 bits per heavy atom. The number of aromatic amines is 1. The van der Waals surface area contributed by atoms with Gasteiger partial charge in [-0.25, -0.2) is 5.10 Å². The van der Waals surface area contributed by atoms with Crippen LogP contribution in [0.25, 0.3) is 5.69 Å². The van der Waals surface area contributed by atoms with Gasteiger partial charge in [-0.2, -0.15) is 9.90 Å². The van der Waals surface area contributed by atoms with Gasteiger partial charge >= 0.3 is 0 Å². The Kier molecular flexibility index (Phi) is 2.13. The lowest BCUT2D eigenvalue weighted by Crippen LogP contribution is -2.04. The van der Waals surface area contributed by atoms with Gasteiger partial charge in [0, 0.05) is 5.02 Å². The van der Waals surface area contributed by atoms with E-state index in [0.29, 0.717) is 5.02 Å². The number of rotatable bonds is 1. The van der Waals surface area contributed by atoms with Gasteiger partial charge in [0.2, 0.25) is 0 Å². The SMILES string of the molecule is Cc1ccc(-n2ncc(=O)[nH]2)cc1Cl. The predicted octanol–water partition coefficient (Wildman–Crippen LogP) is 1.52. The molecule has 0 atom stereocenters. The van der Waals surface area contributed by atoms with E-state index in [1.807, 2.05) is 19.1 Å². The molecule has 0 saturated carbocycles. The van der Waals surface area contributed by atoms with Crippen LogP contribution in [0.3, 0.4) is 0 Å². The highest BCUT2D eigenvalue weighted by Gasteiger charge is 2.00. The molecular formula is C9H8ClN3O. The molecule has 0 bridgehead atoms. The van der Waals surface area contributed by atoms with Crippen molar-refractivity contribution in [1.29, 1.82) is 0 Å². The van der Waals surface area contributed by atoms with Crippen molar-refractivity contribution in [2.24, 2.45) is 0 Å². The third-order valence-electron chi connectivity index (χ3n) is 1.91. The van der Waals surface area contributed by atoms with Crippen molar-refractivity contribution in [3.63, 3.8) is 0 Å². The van der Waals surface area contributed by atoms with Crippen LogP contribution in [-0.4, -0.2) is 15.0 Å². The van der Waals surface area contributed by atoms with Gasteiger partial charge in [0.1, 0.15) is 6.20 Å². The van der Waals surface area contributed by atoms with Crippen LogP contribution in [0.15, 0.2) is 29.2 Å². The van der Waals surface area contributed by atoms with Crippen LogP contribution in [0, 0.1) is 6.92 Å².